The molecule has 0 unspecified atom stereocenters. The maximum Gasteiger partial charge on any atom is 0.244 e. The highest BCUT2D eigenvalue weighted by Gasteiger charge is 2.26. The van der Waals surface area contributed by atoms with Gasteiger partial charge in [-0.3, -0.25) is 0 Å². The van der Waals surface area contributed by atoms with E-state index in [4.69, 9.17) is 15.7 Å². The number of nitrogens with two attached hydrogens (primary N) is 1. The van der Waals surface area contributed by atoms with Crippen LogP contribution in [0.4, 0.5) is 0 Å². The molecule has 0 saturated carbocycles. The minimum absolute atomic E-state index is 0. The standard InChI is InChI=1S/C14H21N3O3S.ClH/c1-4-14(16,5-2)10-17-21(18,19)13-7-6-11(9-15)8-12(13)20-3;/h6-8,17H,4-5,10,16H2,1-3H3;1H. The monoisotopic (exact) mass is 347 g/mol. The normalized spacial score (nSPS) is 11.4. The lowest BCUT2D eigenvalue weighted by molar-refractivity contribution is 0.388. The molecule has 0 fully saturated rings. The Bertz CT molecular complexity index is 637. The molecule has 0 aliphatic rings. The number of nitrogens with one attached hydrogen (secondary N) is 1. The highest BCUT2D eigenvalue weighted by atomic mass is 35.5. The maximum absolute atomic E-state index is 12.4. The summed E-state index contributed by atoms with van der Waals surface area (Å²) < 4.78 is 32.3. The SMILES string of the molecule is CCC(N)(CC)CNS(=O)(=O)c1ccc(C#N)cc1OC.Cl. The number of benzene rings is 1. The quantitative estimate of drug-likeness (QED) is 0.782. The molecule has 0 aliphatic heterocycles. The average Bonchev–Trinajstić information content (AvgIpc) is 2.51. The van der Waals surface area contributed by atoms with Gasteiger partial charge in [0.2, 0.25) is 10.0 Å². The molecule has 0 aliphatic carbocycles. The third-order valence-corrected chi connectivity index (χ3v) is 5.05. The van der Waals surface area contributed by atoms with Crippen molar-refractivity contribution in [3.05, 3.63) is 23.8 Å². The van der Waals surface area contributed by atoms with Crippen molar-refractivity contribution < 1.29 is 13.2 Å². The molecule has 124 valence electrons. The van der Waals surface area contributed by atoms with Crippen LogP contribution >= 0.6 is 12.4 Å². The Kier molecular flexibility index (Phi) is 7.84. The Balaban J connectivity index is 0.00000441. The minimum Gasteiger partial charge on any atom is -0.495 e. The molecule has 0 atom stereocenters. The van der Waals surface area contributed by atoms with Gasteiger partial charge in [-0.2, -0.15) is 5.26 Å². The van der Waals surface area contributed by atoms with E-state index >= 15 is 0 Å². The van der Waals surface area contributed by atoms with Gasteiger partial charge in [0.25, 0.3) is 0 Å². The summed E-state index contributed by atoms with van der Waals surface area (Å²) in [5.41, 5.74) is 5.85. The molecular weight excluding hydrogens is 326 g/mol. The highest BCUT2D eigenvalue weighted by molar-refractivity contribution is 7.89. The molecule has 1 rings (SSSR count). The summed E-state index contributed by atoms with van der Waals surface area (Å²) in [7, 11) is -2.38. The zero-order valence-corrected chi connectivity index (χ0v) is 14.6. The van der Waals surface area contributed by atoms with E-state index in [-0.39, 0.29) is 29.6 Å². The lowest BCUT2D eigenvalue weighted by atomic mass is 9.95. The third kappa shape index (κ3) is 4.85. The van der Waals surface area contributed by atoms with Gasteiger partial charge in [0.15, 0.2) is 0 Å². The molecule has 0 amide bonds. The van der Waals surface area contributed by atoms with Crippen LogP contribution in [-0.4, -0.2) is 27.6 Å². The first kappa shape index (κ1) is 20.7. The van der Waals surface area contributed by atoms with Crippen LogP contribution in [0.25, 0.3) is 0 Å². The van der Waals surface area contributed by atoms with Gasteiger partial charge in [0, 0.05) is 12.1 Å². The fraction of sp³-hybridized carbons (Fsp3) is 0.500. The van der Waals surface area contributed by atoms with E-state index in [1.807, 2.05) is 19.9 Å². The maximum atomic E-state index is 12.4. The molecule has 1 aromatic carbocycles. The van der Waals surface area contributed by atoms with Crippen molar-refractivity contribution in [3.8, 4) is 11.8 Å². The molecule has 0 saturated heterocycles. The van der Waals surface area contributed by atoms with Crippen LogP contribution in [0.15, 0.2) is 23.1 Å². The van der Waals surface area contributed by atoms with Crippen LogP contribution in [0.1, 0.15) is 32.3 Å². The summed E-state index contributed by atoms with van der Waals surface area (Å²) >= 11 is 0. The van der Waals surface area contributed by atoms with Crippen LogP contribution in [0.2, 0.25) is 0 Å². The van der Waals surface area contributed by atoms with E-state index in [1.54, 1.807) is 0 Å². The molecular formula is C14H22ClN3O3S. The first-order chi connectivity index (χ1) is 9.81. The van der Waals surface area contributed by atoms with Gasteiger partial charge in [-0.25, -0.2) is 13.1 Å². The predicted octanol–water partition coefficient (Wildman–Crippen LogP) is 1.78. The van der Waals surface area contributed by atoms with Crippen LogP contribution in [-0.2, 0) is 10.0 Å². The van der Waals surface area contributed by atoms with Gasteiger partial charge < -0.3 is 10.5 Å². The van der Waals surface area contributed by atoms with E-state index in [2.05, 4.69) is 4.72 Å². The Morgan fingerprint density at radius 2 is 1.95 bits per heavy atom. The number of nitrogens with zero attached hydrogens (tertiary/aromatic N) is 1. The van der Waals surface area contributed by atoms with Crippen molar-refractivity contribution in [2.45, 2.75) is 37.1 Å². The van der Waals surface area contributed by atoms with Crippen LogP contribution < -0.4 is 15.2 Å². The molecule has 22 heavy (non-hydrogen) atoms. The lowest BCUT2D eigenvalue weighted by Gasteiger charge is -2.26. The first-order valence-corrected chi connectivity index (χ1v) is 8.17. The molecule has 1 aromatic rings. The number of methoxy groups -OCH3 is 1. The number of nitriles is 1. The Hall–Kier alpha value is -1.33. The zero-order valence-electron chi connectivity index (χ0n) is 12.9. The van der Waals surface area contributed by atoms with E-state index in [9.17, 15) is 8.42 Å². The van der Waals surface area contributed by atoms with Gasteiger partial charge >= 0.3 is 0 Å². The van der Waals surface area contributed by atoms with E-state index in [1.165, 1.54) is 25.3 Å². The van der Waals surface area contributed by atoms with Crippen molar-refractivity contribution in [3.63, 3.8) is 0 Å². The average molecular weight is 348 g/mol. The van der Waals surface area contributed by atoms with Gasteiger partial charge in [0.05, 0.1) is 18.7 Å². The van der Waals surface area contributed by atoms with Gasteiger partial charge in [0.1, 0.15) is 10.6 Å². The molecule has 8 heteroatoms. The highest BCUT2D eigenvalue weighted by Crippen LogP contribution is 2.25. The second kappa shape index (κ2) is 8.34. The molecule has 3 N–H and O–H groups in total. The molecule has 0 bridgehead atoms. The Labute approximate surface area is 138 Å². The first-order valence-electron chi connectivity index (χ1n) is 6.68. The molecule has 0 aromatic heterocycles. The fourth-order valence-electron chi connectivity index (χ4n) is 1.78. The van der Waals surface area contributed by atoms with Crippen molar-refractivity contribution in [1.82, 2.24) is 4.72 Å². The topological polar surface area (TPSA) is 105 Å². The number of hydrogen-bond donors (Lipinski definition) is 2. The molecule has 0 radical (unpaired) electrons. The van der Waals surface area contributed by atoms with Crippen LogP contribution in [0.3, 0.4) is 0 Å². The minimum atomic E-state index is -3.75. The van der Waals surface area contributed by atoms with Crippen LogP contribution in [0, 0.1) is 11.3 Å². The van der Waals surface area contributed by atoms with Crippen molar-refractivity contribution in [1.29, 1.82) is 5.26 Å². The number of sulfonamides is 1. The molecule has 6 nitrogen and oxygen atoms in total. The summed E-state index contributed by atoms with van der Waals surface area (Å²) in [6.07, 6.45) is 1.33. The van der Waals surface area contributed by atoms with Crippen LogP contribution in [0.5, 0.6) is 5.75 Å². The second-order valence-electron chi connectivity index (χ2n) is 4.87. The fourth-order valence-corrected chi connectivity index (χ4v) is 3.06. The summed E-state index contributed by atoms with van der Waals surface area (Å²) in [5, 5.41) is 8.84. The zero-order chi connectivity index (χ0) is 16.1. The van der Waals surface area contributed by atoms with Crippen molar-refractivity contribution in [2.75, 3.05) is 13.7 Å². The van der Waals surface area contributed by atoms with Gasteiger partial charge in [-0.05, 0) is 31.0 Å². The predicted molar refractivity (Wildman–Crippen MR) is 87.6 cm³/mol. The second-order valence-corrected chi connectivity index (χ2v) is 6.61. The van der Waals surface area contributed by atoms with E-state index in [0.717, 1.165) is 0 Å². The number of hydrogen-bond acceptors (Lipinski definition) is 5. The number of rotatable bonds is 7. The van der Waals surface area contributed by atoms with Crippen molar-refractivity contribution >= 4 is 22.4 Å². The molecule has 0 spiro atoms. The lowest BCUT2D eigenvalue weighted by Crippen LogP contribution is -2.49. The van der Waals surface area contributed by atoms with Gasteiger partial charge in [-0.15, -0.1) is 12.4 Å². The Morgan fingerprint density at radius 3 is 2.41 bits per heavy atom. The van der Waals surface area contributed by atoms with Crippen molar-refractivity contribution in [2.24, 2.45) is 5.73 Å². The number of halogens is 1. The summed E-state index contributed by atoms with van der Waals surface area (Å²) in [4.78, 5) is -0.00134. The summed E-state index contributed by atoms with van der Waals surface area (Å²) in [6.45, 7) is 3.98. The smallest absolute Gasteiger partial charge is 0.244 e. The summed E-state index contributed by atoms with van der Waals surface area (Å²) in [5.74, 6) is 0.136. The molecule has 0 heterocycles. The summed E-state index contributed by atoms with van der Waals surface area (Å²) in [6, 6.07) is 6.13. The number of ether oxygens (including phenoxy) is 1. The Morgan fingerprint density at radius 1 is 1.36 bits per heavy atom. The van der Waals surface area contributed by atoms with E-state index in [0.29, 0.717) is 18.4 Å². The van der Waals surface area contributed by atoms with E-state index < -0.39 is 15.6 Å². The largest absolute Gasteiger partial charge is 0.495 e. The third-order valence-electron chi connectivity index (χ3n) is 3.60. The van der Waals surface area contributed by atoms with Gasteiger partial charge in [-0.1, -0.05) is 13.8 Å².